The van der Waals surface area contributed by atoms with Crippen molar-refractivity contribution in [3.05, 3.63) is 46.7 Å². The van der Waals surface area contributed by atoms with E-state index in [2.05, 4.69) is 10.3 Å². The maximum absolute atomic E-state index is 12.6. The topological polar surface area (TPSA) is 84.3 Å². The number of anilines is 1. The number of hydrogen-bond acceptors (Lipinski definition) is 6. The zero-order chi connectivity index (χ0) is 20.4. The van der Waals surface area contributed by atoms with Crippen molar-refractivity contribution in [3.8, 4) is 5.75 Å². The molecule has 0 atom stereocenters. The molecule has 29 heavy (non-hydrogen) atoms. The fourth-order valence-corrected chi connectivity index (χ4v) is 5.02. The lowest BCUT2D eigenvalue weighted by molar-refractivity contribution is 0.102. The number of hydrogen-bond donors (Lipinski definition) is 2. The average Bonchev–Trinajstić information content (AvgIpc) is 3.16. The Morgan fingerprint density at radius 2 is 2.03 bits per heavy atom. The first kappa shape index (κ1) is 19.8. The van der Waals surface area contributed by atoms with Gasteiger partial charge in [0.25, 0.3) is 5.91 Å². The molecule has 0 saturated heterocycles. The molecule has 6 nitrogen and oxygen atoms in total. The first-order valence-electron chi connectivity index (χ1n) is 9.91. The Balaban J connectivity index is 1.59. The first-order chi connectivity index (χ1) is 14.1. The number of carbonyl (C=O) groups excluding carboxylic acids is 1. The molecule has 2 N–H and O–H groups in total. The zero-order valence-electron chi connectivity index (χ0n) is 16.6. The van der Waals surface area contributed by atoms with E-state index in [4.69, 9.17) is 9.72 Å². The Hall–Kier alpha value is -2.51. The molecule has 1 saturated carbocycles. The van der Waals surface area contributed by atoms with Crippen LogP contribution >= 0.6 is 11.3 Å². The van der Waals surface area contributed by atoms with Gasteiger partial charge in [-0.25, -0.2) is 9.97 Å². The lowest BCUT2D eigenvalue weighted by atomic mass is 9.83. The number of nitrogens with zero attached hydrogens (tertiary/aromatic N) is 2. The normalized spacial score (nSPS) is 19.3. The molecule has 0 aliphatic heterocycles. The highest BCUT2D eigenvalue weighted by molar-refractivity contribution is 7.18. The highest BCUT2D eigenvalue weighted by atomic mass is 32.1. The second-order valence-corrected chi connectivity index (χ2v) is 8.65. The Bertz CT molecular complexity index is 1030. The van der Waals surface area contributed by atoms with Crippen LogP contribution in [0.4, 0.5) is 5.69 Å². The summed E-state index contributed by atoms with van der Waals surface area (Å²) in [5.41, 5.74) is 2.67. The van der Waals surface area contributed by atoms with Gasteiger partial charge in [0.2, 0.25) is 0 Å². The number of aryl methyl sites for hydroxylation is 1. The minimum absolute atomic E-state index is 0.265. The predicted molar refractivity (Wildman–Crippen MR) is 115 cm³/mol. The summed E-state index contributed by atoms with van der Waals surface area (Å²) in [5.74, 6) is 1.19. The number of rotatable bonds is 5. The SMILES string of the molecule is COc1cc2nc(C3CCC(CO)CC3)sc2cc1NC(=O)c1cccc(C)n1. The van der Waals surface area contributed by atoms with Crippen LogP contribution in [0, 0.1) is 12.8 Å². The maximum atomic E-state index is 12.6. The molecule has 0 bridgehead atoms. The molecule has 3 aromatic rings. The van der Waals surface area contributed by atoms with E-state index in [-0.39, 0.29) is 12.5 Å². The molecule has 1 aliphatic carbocycles. The maximum Gasteiger partial charge on any atom is 0.274 e. The fraction of sp³-hybridized carbons (Fsp3) is 0.409. The number of aromatic nitrogens is 2. The van der Waals surface area contributed by atoms with E-state index in [0.717, 1.165) is 46.6 Å². The second-order valence-electron chi connectivity index (χ2n) is 7.59. The zero-order valence-corrected chi connectivity index (χ0v) is 17.5. The van der Waals surface area contributed by atoms with E-state index in [1.54, 1.807) is 24.5 Å². The van der Waals surface area contributed by atoms with Gasteiger partial charge < -0.3 is 15.2 Å². The summed E-state index contributed by atoms with van der Waals surface area (Å²) in [7, 11) is 1.59. The summed E-state index contributed by atoms with van der Waals surface area (Å²) in [5, 5.41) is 13.4. The molecule has 4 rings (SSSR count). The van der Waals surface area contributed by atoms with Crippen LogP contribution < -0.4 is 10.1 Å². The van der Waals surface area contributed by atoms with Gasteiger partial charge in [-0.1, -0.05) is 6.07 Å². The second kappa shape index (κ2) is 8.47. The molecule has 0 unspecified atom stereocenters. The molecule has 1 fully saturated rings. The van der Waals surface area contributed by atoms with Gasteiger partial charge in [0.15, 0.2) is 0 Å². The molecular formula is C22H25N3O3S. The summed E-state index contributed by atoms with van der Waals surface area (Å²) in [6.45, 7) is 2.14. The van der Waals surface area contributed by atoms with Crippen LogP contribution in [-0.2, 0) is 0 Å². The number of pyridine rings is 1. The molecule has 7 heteroatoms. The molecule has 2 heterocycles. The molecule has 152 valence electrons. The van der Waals surface area contributed by atoms with Crippen molar-refractivity contribution in [1.29, 1.82) is 0 Å². The average molecular weight is 412 g/mol. The molecule has 1 amide bonds. The molecular weight excluding hydrogens is 386 g/mol. The van der Waals surface area contributed by atoms with Gasteiger partial charge in [-0.3, -0.25) is 4.79 Å². The summed E-state index contributed by atoms with van der Waals surface area (Å²) >= 11 is 1.68. The van der Waals surface area contributed by atoms with Gasteiger partial charge in [0.1, 0.15) is 11.4 Å². The van der Waals surface area contributed by atoms with Gasteiger partial charge in [0.05, 0.1) is 28.0 Å². The van der Waals surface area contributed by atoms with E-state index < -0.39 is 0 Å². The number of thiazole rings is 1. The Morgan fingerprint density at radius 3 is 2.72 bits per heavy atom. The lowest BCUT2D eigenvalue weighted by Gasteiger charge is -2.25. The third kappa shape index (κ3) is 4.26. The smallest absolute Gasteiger partial charge is 0.274 e. The number of aliphatic hydroxyl groups excluding tert-OH is 1. The third-order valence-electron chi connectivity index (χ3n) is 5.55. The van der Waals surface area contributed by atoms with Crippen molar-refractivity contribution >= 4 is 33.1 Å². The van der Waals surface area contributed by atoms with Crippen molar-refractivity contribution < 1.29 is 14.6 Å². The van der Waals surface area contributed by atoms with Crippen LogP contribution in [0.15, 0.2) is 30.3 Å². The number of aliphatic hydroxyl groups is 1. The number of ether oxygens (including phenoxy) is 1. The van der Waals surface area contributed by atoms with Gasteiger partial charge in [-0.15, -0.1) is 11.3 Å². The lowest BCUT2D eigenvalue weighted by Crippen LogP contribution is -2.15. The van der Waals surface area contributed by atoms with Crippen LogP contribution in [-0.4, -0.2) is 34.7 Å². The van der Waals surface area contributed by atoms with Crippen molar-refractivity contribution in [3.63, 3.8) is 0 Å². The largest absolute Gasteiger partial charge is 0.494 e. The van der Waals surface area contributed by atoms with Crippen molar-refractivity contribution in [2.45, 2.75) is 38.5 Å². The number of fused-ring (bicyclic) bond motifs is 1. The third-order valence-corrected chi connectivity index (χ3v) is 6.73. The minimum atomic E-state index is -0.265. The summed E-state index contributed by atoms with van der Waals surface area (Å²) in [4.78, 5) is 21.7. The molecule has 1 aromatic carbocycles. The monoisotopic (exact) mass is 411 g/mol. The van der Waals surface area contributed by atoms with Crippen LogP contribution in [0.25, 0.3) is 10.2 Å². The van der Waals surface area contributed by atoms with E-state index in [9.17, 15) is 9.90 Å². The molecule has 2 aromatic heterocycles. The fourth-order valence-electron chi connectivity index (χ4n) is 3.86. The number of carbonyl (C=O) groups is 1. The Labute approximate surface area is 174 Å². The van der Waals surface area contributed by atoms with Crippen LogP contribution in [0.1, 0.15) is 52.8 Å². The van der Waals surface area contributed by atoms with E-state index >= 15 is 0 Å². The quantitative estimate of drug-likeness (QED) is 0.644. The summed E-state index contributed by atoms with van der Waals surface area (Å²) in [6, 6.07) is 9.19. The molecule has 1 aliphatic rings. The van der Waals surface area contributed by atoms with Gasteiger partial charge in [-0.05, 0) is 56.7 Å². The summed E-state index contributed by atoms with van der Waals surface area (Å²) < 4.78 is 6.52. The van der Waals surface area contributed by atoms with E-state index in [1.165, 1.54) is 0 Å². The van der Waals surface area contributed by atoms with Crippen molar-refractivity contribution in [2.24, 2.45) is 5.92 Å². The highest BCUT2D eigenvalue weighted by Gasteiger charge is 2.25. The number of methoxy groups -OCH3 is 1. The van der Waals surface area contributed by atoms with Crippen molar-refractivity contribution in [1.82, 2.24) is 9.97 Å². The minimum Gasteiger partial charge on any atom is -0.494 e. The standard InChI is InChI=1S/C22H25N3O3S/c1-13-4-3-5-16(23-13)21(27)24-17-11-20-18(10-19(17)28-2)25-22(29-20)15-8-6-14(12-26)7-9-15/h3-5,10-11,14-15,26H,6-9,12H2,1-2H3,(H,24,27). The van der Waals surface area contributed by atoms with Crippen LogP contribution in [0.2, 0.25) is 0 Å². The van der Waals surface area contributed by atoms with Crippen LogP contribution in [0.5, 0.6) is 5.75 Å². The van der Waals surface area contributed by atoms with E-state index in [0.29, 0.717) is 29.0 Å². The van der Waals surface area contributed by atoms with Gasteiger partial charge in [0, 0.05) is 24.3 Å². The Kier molecular flexibility index (Phi) is 5.78. The Morgan fingerprint density at radius 1 is 1.24 bits per heavy atom. The van der Waals surface area contributed by atoms with Gasteiger partial charge >= 0.3 is 0 Å². The number of nitrogens with one attached hydrogen (secondary N) is 1. The summed E-state index contributed by atoms with van der Waals surface area (Å²) in [6.07, 6.45) is 4.21. The van der Waals surface area contributed by atoms with Crippen molar-refractivity contribution in [2.75, 3.05) is 19.0 Å². The number of amides is 1. The first-order valence-corrected chi connectivity index (χ1v) is 10.7. The van der Waals surface area contributed by atoms with Gasteiger partial charge in [-0.2, -0.15) is 0 Å². The molecule has 0 spiro atoms. The highest BCUT2D eigenvalue weighted by Crippen LogP contribution is 2.41. The van der Waals surface area contributed by atoms with E-state index in [1.807, 2.05) is 31.2 Å². The molecule has 0 radical (unpaired) electrons. The predicted octanol–water partition coefficient (Wildman–Crippen LogP) is 4.53. The van der Waals surface area contributed by atoms with Crippen LogP contribution in [0.3, 0.4) is 0 Å². The number of benzene rings is 1.